The van der Waals surface area contributed by atoms with Gasteiger partial charge in [-0.15, -0.1) is 0 Å². The molecule has 126 valence electrons. The van der Waals surface area contributed by atoms with Crippen LogP contribution >= 0.6 is 0 Å². The summed E-state index contributed by atoms with van der Waals surface area (Å²) in [5.41, 5.74) is 2.03. The van der Waals surface area contributed by atoms with Gasteiger partial charge in [0.05, 0.1) is 12.3 Å². The van der Waals surface area contributed by atoms with Crippen molar-refractivity contribution in [3.63, 3.8) is 0 Å². The van der Waals surface area contributed by atoms with Gasteiger partial charge < -0.3 is 9.64 Å². The Morgan fingerprint density at radius 3 is 2.58 bits per heavy atom. The van der Waals surface area contributed by atoms with E-state index in [2.05, 4.69) is 18.2 Å². The SMILES string of the molecule is O=C1C[C@@H](C(=O)N2CC=C(c3ccccc3)CC2)C2(CCCC2)O1. The van der Waals surface area contributed by atoms with Crippen LogP contribution in [0.25, 0.3) is 5.57 Å². The zero-order valence-corrected chi connectivity index (χ0v) is 13.9. The Bertz CT molecular complexity index is 673. The second kappa shape index (κ2) is 6.08. The van der Waals surface area contributed by atoms with E-state index in [1.807, 2.05) is 23.1 Å². The van der Waals surface area contributed by atoms with E-state index in [1.165, 1.54) is 11.1 Å². The molecular formula is C20H23NO3. The summed E-state index contributed by atoms with van der Waals surface area (Å²) in [6, 6.07) is 10.3. The van der Waals surface area contributed by atoms with Crippen LogP contribution in [-0.2, 0) is 14.3 Å². The lowest BCUT2D eigenvalue weighted by molar-refractivity contribution is -0.151. The summed E-state index contributed by atoms with van der Waals surface area (Å²) in [4.78, 5) is 26.8. The minimum Gasteiger partial charge on any atom is -0.458 e. The molecular weight excluding hydrogens is 302 g/mol. The third-order valence-electron chi connectivity index (χ3n) is 5.74. The maximum atomic E-state index is 13.0. The molecule has 2 aliphatic heterocycles. The summed E-state index contributed by atoms with van der Waals surface area (Å²) in [7, 11) is 0. The molecule has 1 atom stereocenters. The highest BCUT2D eigenvalue weighted by molar-refractivity contribution is 5.88. The van der Waals surface area contributed by atoms with E-state index in [4.69, 9.17) is 4.74 Å². The summed E-state index contributed by atoms with van der Waals surface area (Å²) in [5.74, 6) is -0.377. The van der Waals surface area contributed by atoms with Crippen LogP contribution in [0.5, 0.6) is 0 Å². The second-order valence-electron chi connectivity index (χ2n) is 7.13. The molecule has 0 aromatic heterocycles. The molecule has 2 fully saturated rings. The Morgan fingerprint density at radius 1 is 1.17 bits per heavy atom. The number of amides is 1. The topological polar surface area (TPSA) is 46.6 Å². The van der Waals surface area contributed by atoms with Crippen LogP contribution in [0.3, 0.4) is 0 Å². The van der Waals surface area contributed by atoms with Gasteiger partial charge in [-0.05, 0) is 43.2 Å². The van der Waals surface area contributed by atoms with E-state index in [0.717, 1.165) is 38.6 Å². The van der Waals surface area contributed by atoms with Crippen molar-refractivity contribution >= 4 is 17.4 Å². The van der Waals surface area contributed by atoms with Gasteiger partial charge in [-0.25, -0.2) is 0 Å². The molecule has 1 aromatic rings. The highest BCUT2D eigenvalue weighted by Crippen LogP contribution is 2.46. The molecule has 1 aliphatic carbocycles. The van der Waals surface area contributed by atoms with Crippen LogP contribution in [0.1, 0.15) is 44.1 Å². The number of carbonyl (C=O) groups is 2. The predicted molar refractivity (Wildman–Crippen MR) is 91.0 cm³/mol. The molecule has 0 radical (unpaired) electrons. The number of carbonyl (C=O) groups excluding carboxylic acids is 2. The number of hydrogen-bond acceptors (Lipinski definition) is 3. The zero-order valence-electron chi connectivity index (χ0n) is 13.9. The van der Waals surface area contributed by atoms with Crippen molar-refractivity contribution in [1.29, 1.82) is 0 Å². The summed E-state index contributed by atoms with van der Waals surface area (Å²) >= 11 is 0. The average molecular weight is 325 g/mol. The van der Waals surface area contributed by atoms with Crippen LogP contribution < -0.4 is 0 Å². The molecule has 3 aliphatic rings. The fourth-order valence-electron chi connectivity index (χ4n) is 4.43. The van der Waals surface area contributed by atoms with Crippen LogP contribution in [-0.4, -0.2) is 35.5 Å². The van der Waals surface area contributed by atoms with Crippen molar-refractivity contribution in [1.82, 2.24) is 4.90 Å². The first-order valence-electron chi connectivity index (χ1n) is 8.93. The fraction of sp³-hybridized carbons (Fsp3) is 0.500. The Labute approximate surface area is 142 Å². The standard InChI is InChI=1S/C20H23NO3/c22-18-14-17(20(24-18)10-4-5-11-20)19(23)21-12-8-16(9-13-21)15-6-2-1-3-7-15/h1-3,6-8,17H,4-5,9-14H2/t17-/m0/s1. The third kappa shape index (κ3) is 2.64. The molecule has 24 heavy (non-hydrogen) atoms. The molecule has 1 saturated heterocycles. The molecule has 1 spiro atoms. The molecule has 1 saturated carbocycles. The number of ether oxygens (including phenoxy) is 1. The van der Waals surface area contributed by atoms with Crippen molar-refractivity contribution < 1.29 is 14.3 Å². The number of benzene rings is 1. The molecule has 1 aromatic carbocycles. The van der Waals surface area contributed by atoms with Crippen LogP contribution in [0.4, 0.5) is 0 Å². The zero-order chi connectivity index (χ0) is 16.6. The van der Waals surface area contributed by atoms with Crippen LogP contribution in [0.2, 0.25) is 0 Å². The fourth-order valence-corrected chi connectivity index (χ4v) is 4.43. The van der Waals surface area contributed by atoms with Gasteiger partial charge in [-0.3, -0.25) is 9.59 Å². The van der Waals surface area contributed by atoms with Crippen molar-refractivity contribution in [3.05, 3.63) is 42.0 Å². The smallest absolute Gasteiger partial charge is 0.307 e. The molecule has 1 amide bonds. The monoisotopic (exact) mass is 325 g/mol. The van der Waals surface area contributed by atoms with Gasteiger partial charge in [0.2, 0.25) is 5.91 Å². The van der Waals surface area contributed by atoms with Crippen molar-refractivity contribution in [2.45, 2.75) is 44.1 Å². The van der Waals surface area contributed by atoms with Gasteiger partial charge in [0.25, 0.3) is 0 Å². The molecule has 0 unspecified atom stereocenters. The summed E-state index contributed by atoms with van der Waals surface area (Å²) < 4.78 is 5.62. The lowest BCUT2D eigenvalue weighted by Gasteiger charge is -2.34. The number of esters is 1. The Hall–Kier alpha value is -2.10. The average Bonchev–Trinajstić information content (AvgIpc) is 3.22. The Balaban J connectivity index is 1.48. The highest BCUT2D eigenvalue weighted by Gasteiger charge is 2.54. The van der Waals surface area contributed by atoms with E-state index in [9.17, 15) is 9.59 Å². The van der Waals surface area contributed by atoms with E-state index < -0.39 is 5.60 Å². The van der Waals surface area contributed by atoms with Crippen molar-refractivity contribution in [3.8, 4) is 0 Å². The molecule has 0 N–H and O–H groups in total. The third-order valence-corrected chi connectivity index (χ3v) is 5.74. The molecule has 4 heteroatoms. The summed E-state index contributed by atoms with van der Waals surface area (Å²) in [5, 5.41) is 0. The quantitative estimate of drug-likeness (QED) is 0.785. The highest BCUT2D eigenvalue weighted by atomic mass is 16.6. The Morgan fingerprint density at radius 2 is 1.92 bits per heavy atom. The molecule has 4 nitrogen and oxygen atoms in total. The largest absolute Gasteiger partial charge is 0.458 e. The molecule has 4 rings (SSSR count). The number of nitrogens with zero attached hydrogens (tertiary/aromatic N) is 1. The van der Waals surface area contributed by atoms with Gasteiger partial charge >= 0.3 is 5.97 Å². The van der Waals surface area contributed by atoms with Gasteiger partial charge in [0, 0.05) is 13.1 Å². The summed E-state index contributed by atoms with van der Waals surface area (Å²) in [6.07, 6.45) is 7.05. The minimum atomic E-state index is -0.502. The lowest BCUT2D eigenvalue weighted by atomic mass is 9.84. The van der Waals surface area contributed by atoms with E-state index in [-0.39, 0.29) is 24.2 Å². The van der Waals surface area contributed by atoms with Gasteiger partial charge in [-0.2, -0.15) is 0 Å². The van der Waals surface area contributed by atoms with Crippen LogP contribution in [0.15, 0.2) is 36.4 Å². The maximum Gasteiger partial charge on any atom is 0.307 e. The lowest BCUT2D eigenvalue weighted by Crippen LogP contribution is -2.46. The Kier molecular flexibility index (Phi) is 3.91. The first kappa shape index (κ1) is 15.4. The normalized spacial score (nSPS) is 25.7. The minimum absolute atomic E-state index is 0.103. The van der Waals surface area contributed by atoms with Crippen molar-refractivity contribution in [2.75, 3.05) is 13.1 Å². The van der Waals surface area contributed by atoms with Gasteiger partial charge in [0.15, 0.2) is 0 Å². The maximum absolute atomic E-state index is 13.0. The van der Waals surface area contributed by atoms with E-state index in [1.54, 1.807) is 0 Å². The molecule has 0 bridgehead atoms. The number of rotatable bonds is 2. The van der Waals surface area contributed by atoms with Crippen molar-refractivity contribution in [2.24, 2.45) is 5.92 Å². The predicted octanol–water partition coefficient (Wildman–Crippen LogP) is 3.18. The second-order valence-corrected chi connectivity index (χ2v) is 7.13. The van der Waals surface area contributed by atoms with Gasteiger partial charge in [0.1, 0.15) is 5.60 Å². The van der Waals surface area contributed by atoms with E-state index >= 15 is 0 Å². The molecule has 2 heterocycles. The van der Waals surface area contributed by atoms with E-state index in [0.29, 0.717) is 6.54 Å². The first-order chi connectivity index (χ1) is 11.7. The first-order valence-corrected chi connectivity index (χ1v) is 8.93. The van der Waals surface area contributed by atoms with Gasteiger partial charge in [-0.1, -0.05) is 36.4 Å². The summed E-state index contributed by atoms with van der Waals surface area (Å²) in [6.45, 7) is 1.35. The number of hydrogen-bond donors (Lipinski definition) is 0. The van der Waals surface area contributed by atoms with Crippen LogP contribution in [0, 0.1) is 5.92 Å².